The number of rotatable bonds is 4. The summed E-state index contributed by atoms with van der Waals surface area (Å²) in [5, 5.41) is 4.06. The molecule has 0 saturated carbocycles. The van der Waals surface area contributed by atoms with Crippen LogP contribution >= 0.6 is 0 Å². The Hall–Kier alpha value is -1.76. The van der Waals surface area contributed by atoms with E-state index in [9.17, 15) is 18.0 Å². The number of benzene rings is 1. The third-order valence-electron chi connectivity index (χ3n) is 2.88. The predicted octanol–water partition coefficient (Wildman–Crippen LogP) is 2.61. The van der Waals surface area contributed by atoms with Crippen LogP contribution in [0.4, 0.5) is 23.7 Å². The van der Waals surface area contributed by atoms with Gasteiger partial charge in [-0.3, -0.25) is 0 Å². The van der Waals surface area contributed by atoms with E-state index in [0.717, 1.165) is 5.56 Å². The maximum absolute atomic E-state index is 11.9. The first-order valence-corrected chi connectivity index (χ1v) is 6.06. The van der Waals surface area contributed by atoms with Gasteiger partial charge in [0.15, 0.2) is 0 Å². The molecule has 0 aliphatic carbocycles. The highest BCUT2D eigenvalue weighted by Crippen LogP contribution is 2.23. The van der Waals surface area contributed by atoms with Gasteiger partial charge < -0.3 is 16.4 Å². The standard InChI is InChI=1S/C13H18F3N3O/c1-12(2,7-17)9-3-5-10(6-4-9)19-11(20)18-8-13(14,15)16/h3-6H,7-8,17H2,1-2H3,(H2,18,19,20). The first-order chi connectivity index (χ1) is 9.14. The zero-order valence-electron chi connectivity index (χ0n) is 11.3. The van der Waals surface area contributed by atoms with Crippen LogP contribution in [0.25, 0.3) is 0 Å². The van der Waals surface area contributed by atoms with Gasteiger partial charge in [-0.15, -0.1) is 0 Å². The number of anilines is 1. The molecule has 0 bridgehead atoms. The minimum absolute atomic E-state index is 0.197. The zero-order chi connectivity index (χ0) is 15.4. The summed E-state index contributed by atoms with van der Waals surface area (Å²) in [6.07, 6.45) is -4.42. The molecule has 1 aromatic rings. The number of urea groups is 1. The molecule has 0 fully saturated rings. The number of carbonyl (C=O) groups is 1. The molecule has 1 rings (SSSR count). The summed E-state index contributed by atoms with van der Waals surface area (Å²) in [4.78, 5) is 11.3. The van der Waals surface area contributed by atoms with Gasteiger partial charge in [-0.2, -0.15) is 13.2 Å². The van der Waals surface area contributed by atoms with Crippen molar-refractivity contribution in [3.8, 4) is 0 Å². The van der Waals surface area contributed by atoms with Crippen molar-refractivity contribution in [2.75, 3.05) is 18.4 Å². The van der Waals surface area contributed by atoms with E-state index in [1.54, 1.807) is 29.6 Å². The van der Waals surface area contributed by atoms with E-state index >= 15 is 0 Å². The molecule has 112 valence electrons. The van der Waals surface area contributed by atoms with Gasteiger partial charge in [0.2, 0.25) is 0 Å². The summed E-state index contributed by atoms with van der Waals surface area (Å²) in [6, 6.07) is 5.92. The number of hydrogen-bond acceptors (Lipinski definition) is 2. The van der Waals surface area contributed by atoms with Crippen LogP contribution in [0.5, 0.6) is 0 Å². The number of nitrogens with one attached hydrogen (secondary N) is 2. The second-order valence-electron chi connectivity index (χ2n) is 5.09. The van der Waals surface area contributed by atoms with Crippen molar-refractivity contribution in [3.05, 3.63) is 29.8 Å². The lowest BCUT2D eigenvalue weighted by molar-refractivity contribution is -0.122. The highest BCUT2D eigenvalue weighted by Gasteiger charge is 2.27. The van der Waals surface area contributed by atoms with Crippen molar-refractivity contribution < 1.29 is 18.0 Å². The molecular formula is C13H18F3N3O. The summed E-state index contributed by atoms with van der Waals surface area (Å²) in [7, 11) is 0. The molecule has 0 atom stereocenters. The van der Waals surface area contributed by atoms with Crippen LogP contribution in [0.2, 0.25) is 0 Å². The molecule has 20 heavy (non-hydrogen) atoms. The van der Waals surface area contributed by atoms with E-state index in [1.807, 2.05) is 13.8 Å². The molecule has 2 amide bonds. The Morgan fingerprint density at radius 3 is 2.20 bits per heavy atom. The normalized spacial score (nSPS) is 12.1. The molecule has 4 nitrogen and oxygen atoms in total. The molecular weight excluding hydrogens is 271 g/mol. The summed E-state index contributed by atoms with van der Waals surface area (Å²) in [6.45, 7) is 3.06. The van der Waals surface area contributed by atoms with Crippen molar-refractivity contribution in [2.24, 2.45) is 5.73 Å². The molecule has 0 aliphatic rings. The third kappa shape index (κ3) is 5.08. The van der Waals surface area contributed by atoms with Gasteiger partial charge in [-0.1, -0.05) is 26.0 Å². The first-order valence-electron chi connectivity index (χ1n) is 6.06. The number of alkyl halides is 3. The predicted molar refractivity (Wildman–Crippen MR) is 71.6 cm³/mol. The van der Waals surface area contributed by atoms with Gasteiger partial charge in [-0.05, 0) is 17.7 Å². The van der Waals surface area contributed by atoms with Crippen LogP contribution in [-0.2, 0) is 5.41 Å². The van der Waals surface area contributed by atoms with Crippen LogP contribution < -0.4 is 16.4 Å². The summed E-state index contributed by atoms with van der Waals surface area (Å²) < 4.78 is 35.8. The van der Waals surface area contributed by atoms with Crippen molar-refractivity contribution in [1.29, 1.82) is 0 Å². The van der Waals surface area contributed by atoms with E-state index in [2.05, 4.69) is 5.32 Å². The Morgan fingerprint density at radius 1 is 1.20 bits per heavy atom. The highest BCUT2D eigenvalue weighted by molar-refractivity contribution is 5.89. The lowest BCUT2D eigenvalue weighted by Gasteiger charge is -2.23. The second-order valence-corrected chi connectivity index (χ2v) is 5.09. The fraction of sp³-hybridized carbons (Fsp3) is 0.462. The van der Waals surface area contributed by atoms with Gasteiger partial charge in [0, 0.05) is 17.6 Å². The lowest BCUT2D eigenvalue weighted by atomic mass is 9.85. The van der Waals surface area contributed by atoms with Gasteiger partial charge in [-0.25, -0.2) is 4.79 Å². The van der Waals surface area contributed by atoms with Crippen molar-refractivity contribution >= 4 is 11.7 Å². The lowest BCUT2D eigenvalue weighted by Crippen LogP contribution is -2.36. The average molecular weight is 289 g/mol. The topological polar surface area (TPSA) is 67.1 Å². The molecule has 1 aromatic carbocycles. The largest absolute Gasteiger partial charge is 0.405 e. The van der Waals surface area contributed by atoms with Gasteiger partial charge in [0.05, 0.1) is 0 Å². The van der Waals surface area contributed by atoms with Crippen LogP contribution in [0, 0.1) is 0 Å². The SMILES string of the molecule is CC(C)(CN)c1ccc(NC(=O)NCC(F)(F)F)cc1. The average Bonchev–Trinajstić information content (AvgIpc) is 2.36. The van der Waals surface area contributed by atoms with Crippen molar-refractivity contribution in [3.63, 3.8) is 0 Å². The summed E-state index contributed by atoms with van der Waals surface area (Å²) in [5.41, 5.74) is 6.86. The number of amides is 2. The monoisotopic (exact) mass is 289 g/mol. The van der Waals surface area contributed by atoms with E-state index < -0.39 is 18.8 Å². The maximum Gasteiger partial charge on any atom is 0.405 e. The maximum atomic E-state index is 11.9. The first kappa shape index (κ1) is 16.3. The molecule has 4 N–H and O–H groups in total. The molecule has 0 spiro atoms. The number of carbonyl (C=O) groups excluding carboxylic acids is 1. The molecule has 0 aliphatic heterocycles. The Balaban J connectivity index is 2.60. The Labute approximate surface area is 115 Å². The number of hydrogen-bond donors (Lipinski definition) is 3. The highest BCUT2D eigenvalue weighted by atomic mass is 19.4. The number of halogens is 3. The fourth-order valence-electron chi connectivity index (χ4n) is 1.48. The van der Waals surface area contributed by atoms with Gasteiger partial charge >= 0.3 is 12.2 Å². The molecule has 7 heteroatoms. The second kappa shape index (κ2) is 6.13. The van der Waals surface area contributed by atoms with Crippen molar-refractivity contribution in [2.45, 2.75) is 25.4 Å². The van der Waals surface area contributed by atoms with E-state index in [4.69, 9.17) is 5.73 Å². The third-order valence-corrected chi connectivity index (χ3v) is 2.88. The summed E-state index contributed by atoms with van der Waals surface area (Å²) in [5.74, 6) is 0. The minimum atomic E-state index is -4.42. The van der Waals surface area contributed by atoms with E-state index in [-0.39, 0.29) is 5.41 Å². The molecule has 0 unspecified atom stereocenters. The zero-order valence-corrected chi connectivity index (χ0v) is 11.3. The molecule has 0 aromatic heterocycles. The van der Waals surface area contributed by atoms with Crippen LogP contribution in [-0.4, -0.2) is 25.3 Å². The van der Waals surface area contributed by atoms with Crippen LogP contribution in [0.1, 0.15) is 19.4 Å². The van der Waals surface area contributed by atoms with Crippen LogP contribution in [0.15, 0.2) is 24.3 Å². The Morgan fingerprint density at radius 2 is 1.75 bits per heavy atom. The van der Waals surface area contributed by atoms with Gasteiger partial charge in [0.25, 0.3) is 0 Å². The molecule has 0 radical (unpaired) electrons. The molecule has 0 heterocycles. The minimum Gasteiger partial charge on any atom is -0.330 e. The quantitative estimate of drug-likeness (QED) is 0.797. The summed E-state index contributed by atoms with van der Waals surface area (Å²) >= 11 is 0. The van der Waals surface area contributed by atoms with Crippen LogP contribution in [0.3, 0.4) is 0 Å². The van der Waals surface area contributed by atoms with E-state index in [0.29, 0.717) is 12.2 Å². The fourth-order valence-corrected chi connectivity index (χ4v) is 1.48. The van der Waals surface area contributed by atoms with Gasteiger partial charge in [0.1, 0.15) is 6.54 Å². The Kier molecular flexibility index (Phi) is 4.99. The smallest absolute Gasteiger partial charge is 0.330 e. The molecule has 0 saturated heterocycles. The van der Waals surface area contributed by atoms with E-state index in [1.165, 1.54) is 0 Å². The Bertz CT molecular complexity index is 455. The number of nitrogens with two attached hydrogens (primary N) is 1. The van der Waals surface area contributed by atoms with Crippen molar-refractivity contribution in [1.82, 2.24) is 5.32 Å².